The van der Waals surface area contributed by atoms with Gasteiger partial charge in [-0.3, -0.25) is 4.79 Å². The Bertz CT molecular complexity index is 1720. The van der Waals surface area contributed by atoms with Crippen LogP contribution in [0.3, 0.4) is 0 Å². The van der Waals surface area contributed by atoms with Gasteiger partial charge < -0.3 is 89.9 Å². The van der Waals surface area contributed by atoms with E-state index in [0.29, 0.717) is 12.8 Å². The monoisotopic (exact) mass is 1360 g/mol. The molecule has 0 spiro atoms. The molecule has 0 saturated carbocycles. The Kier molecular flexibility index (Phi) is 54.0. The Morgan fingerprint density at radius 3 is 0.916 bits per heavy atom. The fourth-order valence-corrected chi connectivity index (χ4v) is 14.0. The SMILES string of the molecule is CCCCCCCCCCCCCCCCCCCCCCCCCCCCCCCCCCCCCCCC(=O)NC(COC1OC(CO)C(OC2OC(CO)C(OC3OC(CO)C(O)C(O)C3O)C(O)C2O)C(O)C1O)C(O)CCCCCCCCCCCCCCC. The van der Waals surface area contributed by atoms with Crippen molar-refractivity contribution in [3.63, 3.8) is 0 Å². The fourth-order valence-electron chi connectivity index (χ4n) is 14.0. The van der Waals surface area contributed by atoms with E-state index in [-0.39, 0.29) is 18.9 Å². The molecule has 0 radical (unpaired) electrons. The van der Waals surface area contributed by atoms with Gasteiger partial charge >= 0.3 is 0 Å². The third-order valence-corrected chi connectivity index (χ3v) is 20.4. The molecule has 3 rings (SSSR count). The van der Waals surface area contributed by atoms with Gasteiger partial charge in [0, 0.05) is 6.42 Å². The standard InChI is InChI=1S/C76H147NO18/c1-3-5-7-9-11-13-15-17-18-19-20-21-22-23-24-25-26-27-28-29-30-31-32-33-34-35-36-37-38-39-40-42-44-46-48-50-52-54-64(82)77-59(60(81)53-51-49-47-45-43-41-16-14-12-10-8-6-4-2)58-90-74-70(88)67(85)72(62(56-79)92-74)95-76-71(89)68(86)73(63(57-80)93-76)94-75-69(87)66(84)65(83)61(55-78)91-75/h59-63,65-76,78-81,83-89H,3-58H2,1-2H3,(H,77,82). The van der Waals surface area contributed by atoms with Gasteiger partial charge in [0.05, 0.1) is 38.6 Å². The summed E-state index contributed by atoms with van der Waals surface area (Å²) in [5.74, 6) is -0.235. The molecule has 3 aliphatic rings. The van der Waals surface area contributed by atoms with Crippen LogP contribution >= 0.6 is 0 Å². The largest absolute Gasteiger partial charge is 0.394 e. The van der Waals surface area contributed by atoms with Gasteiger partial charge in [0.1, 0.15) is 73.2 Å². The summed E-state index contributed by atoms with van der Waals surface area (Å²) >= 11 is 0. The summed E-state index contributed by atoms with van der Waals surface area (Å²) in [6, 6.07) is -0.881. The van der Waals surface area contributed by atoms with Crippen molar-refractivity contribution in [1.82, 2.24) is 5.32 Å². The Balaban J connectivity index is 1.28. The first-order valence-electron chi connectivity index (χ1n) is 39.8. The van der Waals surface area contributed by atoms with Crippen molar-refractivity contribution in [2.45, 2.75) is 452 Å². The molecule has 3 saturated heterocycles. The van der Waals surface area contributed by atoms with Gasteiger partial charge in [-0.25, -0.2) is 0 Å². The summed E-state index contributed by atoms with van der Waals surface area (Å²) in [5, 5.41) is 121. The summed E-state index contributed by atoms with van der Waals surface area (Å²) < 4.78 is 34.4. The molecular formula is C76H147NO18. The molecule has 95 heavy (non-hydrogen) atoms. The predicted molar refractivity (Wildman–Crippen MR) is 374 cm³/mol. The van der Waals surface area contributed by atoms with Crippen LogP contribution in [0.15, 0.2) is 0 Å². The van der Waals surface area contributed by atoms with E-state index in [4.69, 9.17) is 28.4 Å². The molecule has 0 bridgehead atoms. The lowest BCUT2D eigenvalue weighted by Crippen LogP contribution is -2.66. The van der Waals surface area contributed by atoms with Crippen molar-refractivity contribution >= 4 is 5.91 Å². The molecule has 3 fully saturated rings. The van der Waals surface area contributed by atoms with E-state index < -0.39 is 124 Å². The Morgan fingerprint density at radius 2 is 0.600 bits per heavy atom. The third kappa shape index (κ3) is 39.1. The number of hydrogen-bond donors (Lipinski definition) is 12. The van der Waals surface area contributed by atoms with Crippen LogP contribution in [0.25, 0.3) is 0 Å². The van der Waals surface area contributed by atoms with Crippen LogP contribution < -0.4 is 5.32 Å². The predicted octanol–water partition coefficient (Wildman–Crippen LogP) is 12.6. The molecule has 1 amide bonds. The number of carbonyl (C=O) groups is 1. The zero-order valence-electron chi connectivity index (χ0n) is 60.2. The molecule has 17 unspecified atom stereocenters. The second-order valence-corrected chi connectivity index (χ2v) is 28.9. The summed E-state index contributed by atoms with van der Waals surface area (Å²) in [6.45, 7) is 1.84. The average Bonchev–Trinajstić information content (AvgIpc) is 0.791. The lowest BCUT2D eigenvalue weighted by Gasteiger charge is -2.48. The molecule has 0 aliphatic carbocycles. The highest BCUT2D eigenvalue weighted by Gasteiger charge is 2.54. The minimum atomic E-state index is -1.97. The molecule has 0 aromatic heterocycles. The van der Waals surface area contributed by atoms with E-state index in [9.17, 15) is 61.0 Å². The smallest absolute Gasteiger partial charge is 0.220 e. The number of aliphatic hydroxyl groups excluding tert-OH is 11. The molecule has 0 aromatic rings. The van der Waals surface area contributed by atoms with Crippen molar-refractivity contribution in [3.05, 3.63) is 0 Å². The van der Waals surface area contributed by atoms with Gasteiger partial charge in [0.25, 0.3) is 0 Å². The Labute approximate surface area is 576 Å². The Morgan fingerprint density at radius 1 is 0.337 bits per heavy atom. The maximum atomic E-state index is 13.4. The molecule has 0 aromatic carbocycles. The van der Waals surface area contributed by atoms with Gasteiger partial charge in [-0.05, 0) is 12.8 Å². The molecule has 17 atom stereocenters. The highest BCUT2D eigenvalue weighted by molar-refractivity contribution is 5.76. The van der Waals surface area contributed by atoms with Crippen LogP contribution in [0.4, 0.5) is 0 Å². The minimum Gasteiger partial charge on any atom is -0.394 e. The van der Waals surface area contributed by atoms with Crippen molar-refractivity contribution < 1.29 is 89.4 Å². The Hall–Kier alpha value is -1.21. The molecule has 19 heteroatoms. The number of amides is 1. The van der Waals surface area contributed by atoms with Gasteiger partial charge in [-0.2, -0.15) is 0 Å². The highest BCUT2D eigenvalue weighted by atomic mass is 16.8. The molecular weight excluding hydrogens is 1210 g/mol. The van der Waals surface area contributed by atoms with Crippen LogP contribution in [0.1, 0.15) is 348 Å². The van der Waals surface area contributed by atoms with E-state index in [1.165, 1.54) is 270 Å². The second kappa shape index (κ2) is 58.3. The van der Waals surface area contributed by atoms with Crippen molar-refractivity contribution in [2.24, 2.45) is 0 Å². The highest BCUT2D eigenvalue weighted by Crippen LogP contribution is 2.33. The average molecular weight is 1360 g/mol. The molecule has 19 nitrogen and oxygen atoms in total. The fraction of sp³-hybridized carbons (Fsp3) is 0.987. The van der Waals surface area contributed by atoms with Crippen LogP contribution in [0, 0.1) is 0 Å². The quantitative estimate of drug-likeness (QED) is 0.0252. The summed E-state index contributed by atoms with van der Waals surface area (Å²) in [7, 11) is 0. The number of hydrogen-bond acceptors (Lipinski definition) is 18. The van der Waals surface area contributed by atoms with Crippen LogP contribution in [-0.4, -0.2) is 193 Å². The first kappa shape index (κ1) is 88.0. The van der Waals surface area contributed by atoms with E-state index in [1.54, 1.807) is 0 Å². The topological polar surface area (TPSA) is 307 Å². The third-order valence-electron chi connectivity index (χ3n) is 20.4. The number of ether oxygens (including phenoxy) is 6. The van der Waals surface area contributed by atoms with Crippen molar-refractivity contribution in [1.29, 1.82) is 0 Å². The minimum absolute atomic E-state index is 0.235. The lowest BCUT2D eigenvalue weighted by atomic mass is 9.96. The normalized spacial score (nSPS) is 27.1. The number of nitrogens with one attached hydrogen (secondary N) is 1. The van der Waals surface area contributed by atoms with E-state index in [1.807, 2.05) is 0 Å². The summed E-state index contributed by atoms with van der Waals surface area (Å²) in [6.07, 6.45) is 39.5. The number of rotatable bonds is 64. The van der Waals surface area contributed by atoms with Gasteiger partial charge in [-0.1, -0.05) is 328 Å². The molecule has 12 N–H and O–H groups in total. The van der Waals surface area contributed by atoms with E-state index in [2.05, 4.69) is 19.2 Å². The molecule has 564 valence electrons. The number of carbonyl (C=O) groups excluding carboxylic acids is 1. The van der Waals surface area contributed by atoms with Crippen LogP contribution in [0.5, 0.6) is 0 Å². The molecule has 3 heterocycles. The van der Waals surface area contributed by atoms with Crippen LogP contribution in [-0.2, 0) is 33.2 Å². The number of aliphatic hydroxyl groups is 11. The summed E-state index contributed by atoms with van der Waals surface area (Å²) in [4.78, 5) is 13.4. The van der Waals surface area contributed by atoms with Crippen molar-refractivity contribution in [2.75, 3.05) is 26.4 Å². The lowest BCUT2D eigenvalue weighted by molar-refractivity contribution is -0.379. The summed E-state index contributed by atoms with van der Waals surface area (Å²) in [5.41, 5.74) is 0. The maximum Gasteiger partial charge on any atom is 0.220 e. The van der Waals surface area contributed by atoms with Gasteiger partial charge in [0.15, 0.2) is 18.9 Å². The zero-order chi connectivity index (χ0) is 68.9. The van der Waals surface area contributed by atoms with Gasteiger partial charge in [-0.15, -0.1) is 0 Å². The first-order valence-corrected chi connectivity index (χ1v) is 39.8. The number of unbranched alkanes of at least 4 members (excludes halogenated alkanes) is 48. The van der Waals surface area contributed by atoms with Crippen LogP contribution in [0.2, 0.25) is 0 Å². The van der Waals surface area contributed by atoms with Crippen molar-refractivity contribution in [3.8, 4) is 0 Å². The second-order valence-electron chi connectivity index (χ2n) is 28.9. The van der Waals surface area contributed by atoms with Gasteiger partial charge in [0.2, 0.25) is 5.91 Å². The zero-order valence-corrected chi connectivity index (χ0v) is 60.2. The van der Waals surface area contributed by atoms with E-state index in [0.717, 1.165) is 44.9 Å². The molecule has 3 aliphatic heterocycles. The maximum absolute atomic E-state index is 13.4. The first-order chi connectivity index (χ1) is 46.3. The van der Waals surface area contributed by atoms with E-state index >= 15 is 0 Å².